The quantitative estimate of drug-likeness (QED) is 0.770. The number of piperidine rings is 1. The van der Waals surface area contributed by atoms with E-state index in [1.807, 2.05) is 4.90 Å². The zero-order chi connectivity index (χ0) is 16.9. The maximum absolute atomic E-state index is 12.6. The normalized spacial score (nSPS) is 28.7. The molecule has 0 aliphatic carbocycles. The Kier molecular flexibility index (Phi) is 6.45. The molecule has 6 nitrogen and oxygen atoms in total. The number of ether oxygens (including phenoxy) is 1. The number of aliphatic hydroxyl groups is 1. The lowest BCUT2D eigenvalue weighted by Crippen LogP contribution is -2.48. The van der Waals surface area contributed by atoms with Crippen LogP contribution < -0.4 is 0 Å². The second kappa shape index (κ2) is 7.94. The van der Waals surface area contributed by atoms with Crippen LogP contribution >= 0.6 is 0 Å². The van der Waals surface area contributed by atoms with Crippen molar-refractivity contribution in [1.29, 1.82) is 0 Å². The molecule has 2 saturated heterocycles. The van der Waals surface area contributed by atoms with E-state index in [4.69, 9.17) is 4.74 Å². The van der Waals surface area contributed by atoms with E-state index >= 15 is 0 Å². The SMILES string of the molecule is COCC[C@@]1(CO)CCCN(C(=O)CC2CCS(=O)(=O)CC2)C1. The highest BCUT2D eigenvalue weighted by Crippen LogP contribution is 2.34. The molecular weight excluding hydrogens is 318 g/mol. The van der Waals surface area contributed by atoms with Gasteiger partial charge in [-0.2, -0.15) is 0 Å². The molecule has 1 atom stereocenters. The minimum absolute atomic E-state index is 0.0712. The van der Waals surface area contributed by atoms with Gasteiger partial charge in [0.2, 0.25) is 5.91 Å². The first kappa shape index (κ1) is 18.7. The molecule has 134 valence electrons. The van der Waals surface area contributed by atoms with Gasteiger partial charge in [-0.15, -0.1) is 0 Å². The number of hydrogen-bond acceptors (Lipinski definition) is 5. The standard InChI is InChI=1S/C16H29NO5S/c1-22-8-6-16(13-18)5-2-7-17(12-16)15(19)11-14-3-9-23(20,21)10-4-14/h14,18H,2-13H2,1H3/t16-/m0/s1. The first-order chi connectivity index (χ1) is 10.9. The molecule has 7 heteroatoms. The number of amides is 1. The van der Waals surface area contributed by atoms with Crippen molar-refractivity contribution < 1.29 is 23.1 Å². The number of sulfone groups is 1. The minimum Gasteiger partial charge on any atom is -0.396 e. The van der Waals surface area contributed by atoms with Gasteiger partial charge in [-0.1, -0.05) is 0 Å². The minimum atomic E-state index is -2.88. The van der Waals surface area contributed by atoms with Gasteiger partial charge in [0.1, 0.15) is 9.84 Å². The Bertz CT molecular complexity index is 493. The molecule has 1 N–H and O–H groups in total. The number of hydrogen-bond donors (Lipinski definition) is 1. The van der Waals surface area contributed by atoms with E-state index in [1.165, 1.54) is 0 Å². The van der Waals surface area contributed by atoms with Crippen LogP contribution in [0.25, 0.3) is 0 Å². The van der Waals surface area contributed by atoms with Crippen LogP contribution in [-0.2, 0) is 19.4 Å². The summed E-state index contributed by atoms with van der Waals surface area (Å²) in [4.78, 5) is 14.4. The summed E-state index contributed by atoms with van der Waals surface area (Å²) >= 11 is 0. The van der Waals surface area contributed by atoms with E-state index in [0.717, 1.165) is 25.8 Å². The topological polar surface area (TPSA) is 83.9 Å². The summed E-state index contributed by atoms with van der Waals surface area (Å²) in [5.74, 6) is 0.693. The number of rotatable bonds is 6. The van der Waals surface area contributed by atoms with Crippen LogP contribution in [0, 0.1) is 11.3 Å². The highest BCUT2D eigenvalue weighted by atomic mass is 32.2. The van der Waals surface area contributed by atoms with Gasteiger partial charge in [-0.05, 0) is 38.0 Å². The molecule has 23 heavy (non-hydrogen) atoms. The van der Waals surface area contributed by atoms with E-state index in [1.54, 1.807) is 7.11 Å². The molecule has 0 radical (unpaired) electrons. The fourth-order valence-electron chi connectivity index (χ4n) is 3.67. The maximum Gasteiger partial charge on any atom is 0.222 e. The molecule has 2 fully saturated rings. The molecular formula is C16H29NO5S. The number of carbonyl (C=O) groups excluding carboxylic acids is 1. The molecule has 2 rings (SSSR count). The second-order valence-electron chi connectivity index (χ2n) is 7.12. The van der Waals surface area contributed by atoms with Gasteiger partial charge in [0.25, 0.3) is 0 Å². The van der Waals surface area contributed by atoms with Crippen LogP contribution in [0.1, 0.15) is 38.5 Å². The lowest BCUT2D eigenvalue weighted by molar-refractivity contribution is -0.137. The van der Waals surface area contributed by atoms with E-state index < -0.39 is 9.84 Å². The lowest BCUT2D eigenvalue weighted by Gasteiger charge is -2.42. The summed E-state index contributed by atoms with van der Waals surface area (Å²) in [6.07, 6.45) is 4.19. The van der Waals surface area contributed by atoms with Crippen LogP contribution in [0.4, 0.5) is 0 Å². The monoisotopic (exact) mass is 347 g/mol. The number of nitrogens with zero attached hydrogens (tertiary/aromatic N) is 1. The van der Waals surface area contributed by atoms with Crippen molar-refractivity contribution in [2.75, 3.05) is 44.9 Å². The Morgan fingerprint density at radius 3 is 2.65 bits per heavy atom. The van der Waals surface area contributed by atoms with Crippen LogP contribution in [-0.4, -0.2) is 69.3 Å². The maximum atomic E-state index is 12.6. The molecule has 0 unspecified atom stereocenters. The molecule has 1 amide bonds. The number of likely N-dealkylation sites (tertiary alicyclic amines) is 1. The van der Waals surface area contributed by atoms with Gasteiger partial charge >= 0.3 is 0 Å². The highest BCUT2D eigenvalue weighted by molar-refractivity contribution is 7.91. The number of methoxy groups -OCH3 is 1. The van der Waals surface area contributed by atoms with Gasteiger partial charge in [-0.3, -0.25) is 4.79 Å². The van der Waals surface area contributed by atoms with Gasteiger partial charge in [0, 0.05) is 38.6 Å². The molecule has 0 aromatic rings. The number of carbonyl (C=O) groups is 1. The largest absolute Gasteiger partial charge is 0.396 e. The van der Waals surface area contributed by atoms with E-state index in [-0.39, 0.29) is 35.4 Å². The number of aliphatic hydroxyl groups excluding tert-OH is 1. The fourth-order valence-corrected chi connectivity index (χ4v) is 5.26. The third kappa shape index (κ3) is 5.16. The third-order valence-corrected chi connectivity index (χ3v) is 7.04. The fraction of sp³-hybridized carbons (Fsp3) is 0.938. The molecule has 2 aliphatic rings. The first-order valence-electron chi connectivity index (χ1n) is 8.48. The van der Waals surface area contributed by atoms with Crippen molar-refractivity contribution in [1.82, 2.24) is 4.90 Å². The molecule has 2 heterocycles. The average Bonchev–Trinajstić information content (AvgIpc) is 2.55. The molecule has 0 saturated carbocycles. The predicted molar refractivity (Wildman–Crippen MR) is 87.8 cm³/mol. The van der Waals surface area contributed by atoms with E-state index in [0.29, 0.717) is 32.4 Å². The lowest BCUT2D eigenvalue weighted by atomic mass is 9.77. The molecule has 0 aromatic carbocycles. The van der Waals surface area contributed by atoms with Gasteiger partial charge in [0.05, 0.1) is 18.1 Å². The summed E-state index contributed by atoms with van der Waals surface area (Å²) in [5, 5.41) is 9.79. The van der Waals surface area contributed by atoms with Gasteiger partial charge in [-0.25, -0.2) is 8.42 Å². The van der Waals surface area contributed by atoms with Crippen LogP contribution in [0.15, 0.2) is 0 Å². The Morgan fingerprint density at radius 1 is 1.35 bits per heavy atom. The Labute approximate surface area is 139 Å². The van der Waals surface area contributed by atoms with E-state index in [9.17, 15) is 18.3 Å². The summed E-state index contributed by atoms with van der Waals surface area (Å²) in [5.41, 5.74) is -0.250. The second-order valence-corrected chi connectivity index (χ2v) is 9.42. The first-order valence-corrected chi connectivity index (χ1v) is 10.3. The van der Waals surface area contributed by atoms with Crippen molar-refractivity contribution in [2.45, 2.75) is 38.5 Å². The summed E-state index contributed by atoms with van der Waals surface area (Å²) < 4.78 is 28.1. The van der Waals surface area contributed by atoms with Gasteiger partial charge < -0.3 is 14.7 Å². The third-order valence-electron chi connectivity index (χ3n) is 5.32. The summed E-state index contributed by atoms with van der Waals surface area (Å²) in [7, 11) is -1.23. The van der Waals surface area contributed by atoms with Gasteiger partial charge in [0.15, 0.2) is 0 Å². The molecule has 0 bridgehead atoms. The summed E-state index contributed by atoms with van der Waals surface area (Å²) in [6.45, 7) is 1.97. The van der Waals surface area contributed by atoms with Crippen molar-refractivity contribution in [3.63, 3.8) is 0 Å². The predicted octanol–water partition coefficient (Wildman–Crippen LogP) is 0.839. The van der Waals surface area contributed by atoms with Crippen molar-refractivity contribution in [3.8, 4) is 0 Å². The van der Waals surface area contributed by atoms with Crippen molar-refractivity contribution in [2.24, 2.45) is 11.3 Å². The summed E-state index contributed by atoms with van der Waals surface area (Å²) in [6, 6.07) is 0. The Morgan fingerprint density at radius 2 is 2.04 bits per heavy atom. The van der Waals surface area contributed by atoms with Crippen molar-refractivity contribution >= 4 is 15.7 Å². The molecule has 0 spiro atoms. The Balaban J connectivity index is 1.89. The molecule has 0 aromatic heterocycles. The van der Waals surface area contributed by atoms with E-state index in [2.05, 4.69) is 0 Å². The molecule has 2 aliphatic heterocycles. The smallest absolute Gasteiger partial charge is 0.222 e. The zero-order valence-corrected chi connectivity index (χ0v) is 14.8. The van der Waals surface area contributed by atoms with Crippen LogP contribution in [0.2, 0.25) is 0 Å². The Hall–Kier alpha value is -0.660. The van der Waals surface area contributed by atoms with Crippen LogP contribution in [0.3, 0.4) is 0 Å². The van der Waals surface area contributed by atoms with Crippen LogP contribution in [0.5, 0.6) is 0 Å². The average molecular weight is 347 g/mol. The highest BCUT2D eigenvalue weighted by Gasteiger charge is 2.37. The zero-order valence-electron chi connectivity index (χ0n) is 14.0. The van der Waals surface area contributed by atoms with Crippen molar-refractivity contribution in [3.05, 3.63) is 0 Å².